The summed E-state index contributed by atoms with van der Waals surface area (Å²) >= 11 is 0. The summed E-state index contributed by atoms with van der Waals surface area (Å²) in [5.74, 6) is 1.77. The average Bonchev–Trinajstić information content (AvgIpc) is 3.41. The third-order valence-electron chi connectivity index (χ3n) is 5.74. The van der Waals surface area contributed by atoms with Crippen LogP contribution in [0.5, 0.6) is 0 Å². The molecule has 2 aromatic rings. The van der Waals surface area contributed by atoms with E-state index in [0.717, 1.165) is 42.8 Å². The molecule has 0 spiro atoms. The molecule has 0 bridgehead atoms. The number of carbonyl (C=O) groups excluding carboxylic acids is 1. The summed E-state index contributed by atoms with van der Waals surface area (Å²) in [5.41, 5.74) is 1.86. The van der Waals surface area contributed by atoms with Gasteiger partial charge in [0.15, 0.2) is 5.76 Å². The van der Waals surface area contributed by atoms with Crippen molar-refractivity contribution in [3.8, 4) is 0 Å². The van der Waals surface area contributed by atoms with Gasteiger partial charge in [-0.15, -0.1) is 0 Å². The number of hydrogen-bond donors (Lipinski definition) is 0. The fourth-order valence-corrected chi connectivity index (χ4v) is 4.16. The van der Waals surface area contributed by atoms with Crippen molar-refractivity contribution in [2.24, 2.45) is 0 Å². The van der Waals surface area contributed by atoms with Crippen LogP contribution in [0.15, 0.2) is 21.2 Å². The molecular weight excluding hydrogens is 330 g/mol. The Bertz CT molecular complexity index is 758. The molecule has 6 heteroatoms. The number of rotatable bonds is 4. The smallest absolute Gasteiger partial charge is 0.293 e. The molecule has 1 aliphatic carbocycles. The maximum atomic E-state index is 13.0. The second-order valence-electron chi connectivity index (χ2n) is 7.92. The lowest BCUT2D eigenvalue weighted by molar-refractivity contribution is 0.0672. The molecule has 1 saturated heterocycles. The summed E-state index contributed by atoms with van der Waals surface area (Å²) in [6, 6.07) is 3.77. The van der Waals surface area contributed by atoms with Crippen LogP contribution < -0.4 is 0 Å². The Hall–Kier alpha value is -2.11. The molecule has 3 heterocycles. The zero-order chi connectivity index (χ0) is 18.1. The van der Waals surface area contributed by atoms with Crippen LogP contribution >= 0.6 is 0 Å². The fourth-order valence-electron chi connectivity index (χ4n) is 4.16. The molecule has 2 fully saturated rings. The van der Waals surface area contributed by atoms with Crippen LogP contribution in [0, 0.1) is 0 Å². The zero-order valence-electron chi connectivity index (χ0n) is 15.6. The number of nitrogens with zero attached hydrogens (tertiary/aromatic N) is 3. The van der Waals surface area contributed by atoms with Gasteiger partial charge in [-0.2, -0.15) is 0 Å². The van der Waals surface area contributed by atoms with Gasteiger partial charge in [0.2, 0.25) is 5.76 Å². The third-order valence-corrected chi connectivity index (χ3v) is 5.74. The topological polar surface area (TPSA) is 72.4 Å². The van der Waals surface area contributed by atoms with Crippen LogP contribution in [-0.2, 0) is 0 Å². The van der Waals surface area contributed by atoms with Gasteiger partial charge in [0.1, 0.15) is 0 Å². The molecule has 0 aromatic carbocycles. The molecular formula is C20H27N3O3. The second kappa shape index (κ2) is 7.25. The lowest BCUT2D eigenvalue weighted by Crippen LogP contribution is -2.30. The SMILES string of the molecule is CC(C)c1cc(C2CCCN2C(=O)c2cc(C3CCCCC3)no2)on1. The molecule has 1 aliphatic heterocycles. The van der Waals surface area contributed by atoms with Gasteiger partial charge in [0.25, 0.3) is 5.91 Å². The van der Waals surface area contributed by atoms with Gasteiger partial charge in [-0.05, 0) is 31.6 Å². The largest absolute Gasteiger partial charge is 0.359 e. The third kappa shape index (κ3) is 3.29. The molecule has 2 aromatic heterocycles. The summed E-state index contributed by atoms with van der Waals surface area (Å²) < 4.78 is 11.0. The van der Waals surface area contributed by atoms with Crippen molar-refractivity contribution < 1.29 is 13.8 Å². The minimum atomic E-state index is -0.0930. The van der Waals surface area contributed by atoms with Crippen LogP contribution in [-0.4, -0.2) is 27.7 Å². The van der Waals surface area contributed by atoms with Gasteiger partial charge in [0, 0.05) is 24.6 Å². The highest BCUT2D eigenvalue weighted by atomic mass is 16.5. The normalized spacial score (nSPS) is 21.7. The number of hydrogen-bond acceptors (Lipinski definition) is 5. The molecule has 1 atom stereocenters. The summed E-state index contributed by atoms with van der Waals surface area (Å²) in [6.07, 6.45) is 7.90. The molecule has 0 radical (unpaired) electrons. The van der Waals surface area contributed by atoms with Crippen molar-refractivity contribution in [3.63, 3.8) is 0 Å². The highest BCUT2D eigenvalue weighted by Crippen LogP contribution is 2.36. The lowest BCUT2D eigenvalue weighted by atomic mass is 9.87. The van der Waals surface area contributed by atoms with Gasteiger partial charge in [-0.3, -0.25) is 4.79 Å². The Morgan fingerprint density at radius 1 is 1.08 bits per heavy atom. The minimum Gasteiger partial charge on any atom is -0.359 e. The van der Waals surface area contributed by atoms with Gasteiger partial charge < -0.3 is 13.9 Å². The van der Waals surface area contributed by atoms with E-state index in [2.05, 4.69) is 24.2 Å². The minimum absolute atomic E-state index is 0.0641. The van der Waals surface area contributed by atoms with Crippen molar-refractivity contribution in [3.05, 3.63) is 35.0 Å². The van der Waals surface area contributed by atoms with Crippen molar-refractivity contribution in [2.45, 2.75) is 76.7 Å². The van der Waals surface area contributed by atoms with Gasteiger partial charge in [-0.1, -0.05) is 43.4 Å². The van der Waals surface area contributed by atoms with E-state index in [-0.39, 0.29) is 11.9 Å². The van der Waals surface area contributed by atoms with E-state index in [4.69, 9.17) is 9.05 Å². The second-order valence-corrected chi connectivity index (χ2v) is 7.92. The van der Waals surface area contributed by atoms with Crippen LogP contribution in [0.4, 0.5) is 0 Å². The first-order chi connectivity index (χ1) is 12.6. The highest BCUT2D eigenvalue weighted by molar-refractivity contribution is 5.92. The lowest BCUT2D eigenvalue weighted by Gasteiger charge is -2.21. The average molecular weight is 357 g/mol. The zero-order valence-corrected chi connectivity index (χ0v) is 15.6. The van der Waals surface area contributed by atoms with Gasteiger partial charge >= 0.3 is 0 Å². The van der Waals surface area contributed by atoms with Crippen molar-refractivity contribution in [1.82, 2.24) is 15.2 Å². The van der Waals surface area contributed by atoms with Crippen LogP contribution in [0.3, 0.4) is 0 Å². The maximum Gasteiger partial charge on any atom is 0.293 e. The van der Waals surface area contributed by atoms with E-state index in [1.165, 1.54) is 19.3 Å². The van der Waals surface area contributed by atoms with E-state index in [1.807, 2.05) is 17.0 Å². The van der Waals surface area contributed by atoms with E-state index in [1.54, 1.807) is 0 Å². The van der Waals surface area contributed by atoms with Gasteiger partial charge in [-0.25, -0.2) is 0 Å². The van der Waals surface area contributed by atoms with Crippen LogP contribution in [0.1, 0.15) is 104 Å². The van der Waals surface area contributed by atoms with E-state index in [9.17, 15) is 4.79 Å². The Morgan fingerprint density at radius 2 is 1.88 bits per heavy atom. The van der Waals surface area contributed by atoms with Crippen LogP contribution in [0.2, 0.25) is 0 Å². The van der Waals surface area contributed by atoms with Gasteiger partial charge in [0.05, 0.1) is 17.4 Å². The van der Waals surface area contributed by atoms with Crippen molar-refractivity contribution in [2.75, 3.05) is 6.54 Å². The molecule has 1 unspecified atom stereocenters. The molecule has 1 amide bonds. The maximum absolute atomic E-state index is 13.0. The molecule has 140 valence electrons. The van der Waals surface area contributed by atoms with Crippen molar-refractivity contribution >= 4 is 5.91 Å². The Morgan fingerprint density at radius 3 is 2.62 bits per heavy atom. The summed E-state index contributed by atoms with van der Waals surface area (Å²) in [4.78, 5) is 14.8. The predicted octanol–water partition coefficient (Wildman–Crippen LogP) is 4.81. The molecule has 6 nitrogen and oxygen atoms in total. The van der Waals surface area contributed by atoms with Crippen LogP contribution in [0.25, 0.3) is 0 Å². The molecule has 0 N–H and O–H groups in total. The number of carbonyl (C=O) groups is 1. The van der Waals surface area contributed by atoms with E-state index < -0.39 is 0 Å². The number of likely N-dealkylation sites (tertiary alicyclic amines) is 1. The molecule has 2 aliphatic rings. The Labute approximate surface area is 153 Å². The number of amides is 1. The van der Waals surface area contributed by atoms with E-state index in [0.29, 0.717) is 24.1 Å². The summed E-state index contributed by atoms with van der Waals surface area (Å²) in [5, 5.41) is 8.34. The molecule has 1 saturated carbocycles. The Balaban J connectivity index is 1.50. The number of aromatic nitrogens is 2. The first kappa shape index (κ1) is 17.3. The van der Waals surface area contributed by atoms with Crippen molar-refractivity contribution in [1.29, 1.82) is 0 Å². The molecule has 26 heavy (non-hydrogen) atoms. The Kier molecular flexibility index (Phi) is 4.83. The predicted molar refractivity (Wildman–Crippen MR) is 95.9 cm³/mol. The summed E-state index contributed by atoms with van der Waals surface area (Å²) in [6.45, 7) is 4.88. The highest BCUT2D eigenvalue weighted by Gasteiger charge is 2.35. The summed E-state index contributed by atoms with van der Waals surface area (Å²) in [7, 11) is 0. The first-order valence-corrected chi connectivity index (χ1v) is 9.87. The first-order valence-electron chi connectivity index (χ1n) is 9.87. The standard InChI is InChI=1S/C20H27N3O3/c1-13(2)15-11-18(25-21-15)17-9-6-10-23(17)20(24)19-12-16(22-26-19)14-7-4-3-5-8-14/h11-14,17H,3-10H2,1-2H3. The molecule has 4 rings (SSSR count). The van der Waals surface area contributed by atoms with E-state index >= 15 is 0 Å². The fraction of sp³-hybridized carbons (Fsp3) is 0.650. The quantitative estimate of drug-likeness (QED) is 0.785. The monoisotopic (exact) mass is 357 g/mol.